The number of hydrazone groups is 1. The lowest BCUT2D eigenvalue weighted by Crippen LogP contribution is -2.24. The highest BCUT2D eigenvalue weighted by Gasteiger charge is 2.15. The summed E-state index contributed by atoms with van der Waals surface area (Å²) in [6, 6.07) is 18.7. The maximum Gasteiger partial charge on any atom is 0.308 e. The molecule has 188 valence electrons. The van der Waals surface area contributed by atoms with Crippen LogP contribution < -0.4 is 20.5 Å². The molecule has 0 spiro atoms. The van der Waals surface area contributed by atoms with E-state index in [1.54, 1.807) is 66.7 Å². The van der Waals surface area contributed by atoms with Crippen LogP contribution in [0.4, 0.5) is 0 Å². The van der Waals surface area contributed by atoms with E-state index in [-0.39, 0.29) is 17.1 Å². The van der Waals surface area contributed by atoms with Crippen molar-refractivity contribution >= 4 is 52.4 Å². The molecule has 0 fully saturated rings. The largest absolute Gasteiger partial charge is 0.493 e. The first-order valence-corrected chi connectivity index (χ1v) is 12.3. The predicted octanol–water partition coefficient (Wildman–Crippen LogP) is 4.22. The molecule has 4 rings (SSSR count). The normalized spacial score (nSPS) is 11.0. The van der Waals surface area contributed by atoms with Gasteiger partial charge in [-0.2, -0.15) is 5.10 Å². The second kappa shape index (κ2) is 11.7. The number of amides is 1. The van der Waals surface area contributed by atoms with E-state index in [4.69, 9.17) is 21.1 Å². The molecule has 0 radical (unpaired) electrons. The van der Waals surface area contributed by atoms with Gasteiger partial charge in [0.05, 0.1) is 35.7 Å². The van der Waals surface area contributed by atoms with Crippen LogP contribution in [0.3, 0.4) is 0 Å². The molecule has 3 aromatic carbocycles. The molecule has 1 heterocycles. The maximum atomic E-state index is 13.3. The van der Waals surface area contributed by atoms with Gasteiger partial charge in [-0.05, 0) is 60.2 Å². The third-order valence-electron chi connectivity index (χ3n) is 5.01. The summed E-state index contributed by atoms with van der Waals surface area (Å²) in [5.74, 6) is -0.266. The molecule has 0 atom stereocenters. The SMILES string of the molecule is COc1cc(/C=N/NC(=O)CSc2nc3ccccc3c(=O)n2-c2ccc(Cl)cc2)ccc1OC(C)=O. The topological polar surface area (TPSA) is 112 Å². The summed E-state index contributed by atoms with van der Waals surface area (Å²) in [7, 11) is 1.45. The lowest BCUT2D eigenvalue weighted by molar-refractivity contribution is -0.132. The highest BCUT2D eigenvalue weighted by atomic mass is 35.5. The van der Waals surface area contributed by atoms with E-state index in [0.29, 0.717) is 38.1 Å². The first kappa shape index (κ1) is 25.9. The number of hydrogen-bond acceptors (Lipinski definition) is 8. The molecule has 0 bridgehead atoms. The van der Waals surface area contributed by atoms with E-state index in [2.05, 4.69) is 15.5 Å². The van der Waals surface area contributed by atoms with Gasteiger partial charge in [0.1, 0.15) is 0 Å². The molecule has 0 saturated carbocycles. The van der Waals surface area contributed by atoms with Gasteiger partial charge in [0.25, 0.3) is 11.5 Å². The van der Waals surface area contributed by atoms with Crippen LogP contribution in [0.1, 0.15) is 12.5 Å². The van der Waals surface area contributed by atoms with E-state index in [0.717, 1.165) is 11.8 Å². The second-order valence-electron chi connectivity index (χ2n) is 7.61. The van der Waals surface area contributed by atoms with Crippen LogP contribution in [-0.4, -0.2) is 40.5 Å². The summed E-state index contributed by atoms with van der Waals surface area (Å²) in [4.78, 5) is 41.5. The Morgan fingerprint density at radius 1 is 1.11 bits per heavy atom. The number of esters is 1. The first-order chi connectivity index (χ1) is 17.9. The number of carbonyl (C=O) groups is 2. The van der Waals surface area contributed by atoms with Gasteiger partial charge >= 0.3 is 5.97 Å². The molecule has 11 heteroatoms. The average molecular weight is 537 g/mol. The molecular weight excluding hydrogens is 516 g/mol. The number of benzene rings is 3. The van der Waals surface area contributed by atoms with E-state index >= 15 is 0 Å². The Morgan fingerprint density at radius 3 is 2.59 bits per heavy atom. The van der Waals surface area contributed by atoms with Gasteiger partial charge in [-0.1, -0.05) is 35.5 Å². The number of rotatable bonds is 8. The van der Waals surface area contributed by atoms with Crippen LogP contribution in [0.25, 0.3) is 16.6 Å². The average Bonchev–Trinajstić information content (AvgIpc) is 2.89. The Bertz CT molecular complexity index is 1550. The number of fused-ring (bicyclic) bond motifs is 1. The number of carbonyl (C=O) groups excluding carboxylic acids is 2. The smallest absolute Gasteiger partial charge is 0.308 e. The standard InChI is InChI=1S/C26H21ClN4O5S/c1-16(32)36-22-12-7-17(13-23(22)35-2)14-28-30-24(33)15-37-26-29-21-6-4-3-5-20(21)25(34)31(26)19-10-8-18(27)9-11-19/h3-14H,15H2,1-2H3,(H,30,33)/b28-14+. The Morgan fingerprint density at radius 2 is 1.86 bits per heavy atom. The summed E-state index contributed by atoms with van der Waals surface area (Å²) in [5.41, 5.74) is 3.94. The highest BCUT2D eigenvalue weighted by molar-refractivity contribution is 7.99. The molecule has 1 amide bonds. The molecule has 0 unspecified atom stereocenters. The summed E-state index contributed by atoms with van der Waals surface area (Å²) in [5, 5.41) is 5.33. The third kappa shape index (κ3) is 6.35. The van der Waals surface area contributed by atoms with E-state index in [1.165, 1.54) is 24.8 Å². The van der Waals surface area contributed by atoms with Crippen LogP contribution in [0, 0.1) is 0 Å². The predicted molar refractivity (Wildman–Crippen MR) is 143 cm³/mol. The molecule has 1 aromatic heterocycles. The van der Waals surface area contributed by atoms with Gasteiger partial charge in [0, 0.05) is 11.9 Å². The molecule has 0 aliphatic heterocycles. The lowest BCUT2D eigenvalue weighted by atomic mass is 10.2. The van der Waals surface area contributed by atoms with Gasteiger partial charge in [0.2, 0.25) is 0 Å². The Labute approximate surface area is 221 Å². The molecular formula is C26H21ClN4O5S. The lowest BCUT2D eigenvalue weighted by Gasteiger charge is -2.13. The fraction of sp³-hybridized carbons (Fsp3) is 0.115. The molecule has 0 aliphatic carbocycles. The van der Waals surface area contributed by atoms with Crippen molar-refractivity contribution in [2.75, 3.05) is 12.9 Å². The molecule has 0 aliphatic rings. The number of para-hydroxylation sites is 1. The number of methoxy groups -OCH3 is 1. The number of halogens is 1. The molecule has 4 aromatic rings. The third-order valence-corrected chi connectivity index (χ3v) is 6.20. The Kier molecular flexibility index (Phi) is 8.22. The molecule has 37 heavy (non-hydrogen) atoms. The summed E-state index contributed by atoms with van der Waals surface area (Å²) >= 11 is 7.12. The van der Waals surface area contributed by atoms with Gasteiger partial charge in [-0.3, -0.25) is 19.0 Å². The number of thioether (sulfide) groups is 1. The molecule has 1 N–H and O–H groups in total. The van der Waals surface area contributed by atoms with E-state index < -0.39 is 11.9 Å². The summed E-state index contributed by atoms with van der Waals surface area (Å²) in [6.45, 7) is 1.30. The number of nitrogens with one attached hydrogen (secondary N) is 1. The molecule has 0 saturated heterocycles. The monoisotopic (exact) mass is 536 g/mol. The minimum Gasteiger partial charge on any atom is -0.493 e. The number of ether oxygens (including phenoxy) is 2. The van der Waals surface area contributed by atoms with Crippen LogP contribution in [0.15, 0.2) is 81.8 Å². The van der Waals surface area contributed by atoms with Crippen LogP contribution >= 0.6 is 23.4 Å². The van der Waals surface area contributed by atoms with Crippen molar-refractivity contribution < 1.29 is 19.1 Å². The number of nitrogens with zero attached hydrogens (tertiary/aromatic N) is 3. The number of hydrogen-bond donors (Lipinski definition) is 1. The van der Waals surface area contributed by atoms with Crippen molar-refractivity contribution in [2.45, 2.75) is 12.1 Å². The van der Waals surface area contributed by atoms with Crippen LogP contribution in [0.2, 0.25) is 5.02 Å². The van der Waals surface area contributed by atoms with Crippen molar-refractivity contribution in [3.8, 4) is 17.2 Å². The van der Waals surface area contributed by atoms with Crippen molar-refractivity contribution in [3.63, 3.8) is 0 Å². The zero-order valence-corrected chi connectivity index (χ0v) is 21.4. The highest BCUT2D eigenvalue weighted by Crippen LogP contribution is 2.27. The minimum absolute atomic E-state index is 0.0373. The maximum absolute atomic E-state index is 13.3. The Balaban J connectivity index is 1.49. The van der Waals surface area contributed by atoms with Crippen molar-refractivity contribution in [2.24, 2.45) is 5.10 Å². The van der Waals surface area contributed by atoms with Crippen molar-refractivity contribution in [1.29, 1.82) is 0 Å². The van der Waals surface area contributed by atoms with Crippen LogP contribution in [-0.2, 0) is 9.59 Å². The van der Waals surface area contributed by atoms with Gasteiger partial charge < -0.3 is 9.47 Å². The van der Waals surface area contributed by atoms with Crippen molar-refractivity contribution in [1.82, 2.24) is 15.0 Å². The van der Waals surface area contributed by atoms with Gasteiger partial charge in [-0.15, -0.1) is 0 Å². The van der Waals surface area contributed by atoms with Gasteiger partial charge in [-0.25, -0.2) is 10.4 Å². The first-order valence-electron chi connectivity index (χ1n) is 10.9. The van der Waals surface area contributed by atoms with Crippen molar-refractivity contribution in [3.05, 3.63) is 87.7 Å². The zero-order chi connectivity index (χ0) is 26.4. The quantitative estimate of drug-likeness (QED) is 0.0896. The molecule has 9 nitrogen and oxygen atoms in total. The number of aromatic nitrogens is 2. The Hall–Kier alpha value is -4.15. The van der Waals surface area contributed by atoms with E-state index in [9.17, 15) is 14.4 Å². The summed E-state index contributed by atoms with van der Waals surface area (Å²) in [6.07, 6.45) is 1.43. The van der Waals surface area contributed by atoms with Gasteiger partial charge in [0.15, 0.2) is 16.7 Å². The second-order valence-corrected chi connectivity index (χ2v) is 8.99. The zero-order valence-electron chi connectivity index (χ0n) is 19.8. The summed E-state index contributed by atoms with van der Waals surface area (Å²) < 4.78 is 11.8. The minimum atomic E-state index is -0.466. The fourth-order valence-corrected chi connectivity index (χ4v) is 4.30. The van der Waals surface area contributed by atoms with Crippen LogP contribution in [0.5, 0.6) is 11.5 Å². The van der Waals surface area contributed by atoms with E-state index in [1.807, 2.05) is 0 Å². The fourth-order valence-electron chi connectivity index (χ4n) is 3.37.